The highest BCUT2D eigenvalue weighted by Crippen LogP contribution is 2.23. The molecule has 0 bridgehead atoms. The third-order valence-electron chi connectivity index (χ3n) is 4.35. The number of hydroxylamine groups is 2. The number of amides is 1. The second-order valence-electron chi connectivity index (χ2n) is 7.94. The summed E-state index contributed by atoms with van der Waals surface area (Å²) >= 11 is 0. The molecule has 172 valence electrons. The van der Waals surface area contributed by atoms with Crippen LogP contribution in [0.3, 0.4) is 0 Å². The van der Waals surface area contributed by atoms with E-state index in [1.807, 2.05) is 30.3 Å². The monoisotopic (exact) mass is 438 g/mol. The van der Waals surface area contributed by atoms with Crippen LogP contribution in [0.15, 0.2) is 30.3 Å². The average Bonchev–Trinajstić information content (AvgIpc) is 2.70. The summed E-state index contributed by atoms with van der Waals surface area (Å²) in [4.78, 5) is 53.2. The molecule has 0 N–H and O–H groups in total. The molecule has 10 heteroatoms. The number of esters is 1. The van der Waals surface area contributed by atoms with Crippen LogP contribution in [-0.4, -0.2) is 60.6 Å². The molecule has 0 unspecified atom stereocenters. The minimum atomic E-state index is -1.42. The van der Waals surface area contributed by atoms with Crippen molar-refractivity contribution in [1.29, 1.82) is 0 Å². The van der Waals surface area contributed by atoms with Gasteiger partial charge in [0.15, 0.2) is 0 Å². The van der Waals surface area contributed by atoms with Gasteiger partial charge in [-0.2, -0.15) is 0 Å². The molecule has 1 rings (SSSR count). The molecule has 0 radical (unpaired) electrons. The molecule has 2 atom stereocenters. The Kier molecular flexibility index (Phi) is 10.2. The Bertz CT molecular complexity index is 760. The van der Waals surface area contributed by atoms with Crippen LogP contribution in [0.5, 0.6) is 0 Å². The third-order valence-corrected chi connectivity index (χ3v) is 4.35. The lowest BCUT2D eigenvalue weighted by molar-refractivity contribution is -0.487. The molecule has 0 fully saturated rings. The van der Waals surface area contributed by atoms with Crippen LogP contribution >= 0.6 is 0 Å². The first kappa shape index (κ1) is 26.2. The first-order valence-electron chi connectivity index (χ1n) is 9.78. The van der Waals surface area contributed by atoms with Gasteiger partial charge < -0.3 is 9.47 Å². The van der Waals surface area contributed by atoms with Crippen LogP contribution in [0.4, 0.5) is 0 Å². The lowest BCUT2D eigenvalue weighted by Crippen LogP contribution is -2.45. The SMILES string of the molecule is CON(C)C(=O)[C@H](C[N+](=O)[O-])[C@@H](CCOCc1ccccc1)C(=O)C(=O)OC(C)(C)C. The fourth-order valence-electron chi connectivity index (χ4n) is 2.83. The average molecular weight is 438 g/mol. The van der Waals surface area contributed by atoms with E-state index in [1.54, 1.807) is 20.8 Å². The van der Waals surface area contributed by atoms with Gasteiger partial charge in [0.25, 0.3) is 5.91 Å². The van der Waals surface area contributed by atoms with E-state index in [1.165, 1.54) is 14.2 Å². The number of rotatable bonds is 12. The van der Waals surface area contributed by atoms with Crippen molar-refractivity contribution >= 4 is 17.7 Å². The van der Waals surface area contributed by atoms with Gasteiger partial charge in [0.1, 0.15) is 11.5 Å². The topological polar surface area (TPSA) is 125 Å². The molecule has 0 heterocycles. The summed E-state index contributed by atoms with van der Waals surface area (Å²) < 4.78 is 10.7. The summed E-state index contributed by atoms with van der Waals surface area (Å²) in [5, 5.41) is 12.0. The third kappa shape index (κ3) is 9.22. The molecule has 0 saturated heterocycles. The van der Waals surface area contributed by atoms with E-state index in [0.717, 1.165) is 10.6 Å². The summed E-state index contributed by atoms with van der Waals surface area (Å²) in [6, 6.07) is 9.27. The predicted molar refractivity (Wildman–Crippen MR) is 110 cm³/mol. The Balaban J connectivity index is 3.04. The molecule has 0 spiro atoms. The Labute approximate surface area is 181 Å². The van der Waals surface area contributed by atoms with Crippen molar-refractivity contribution in [3.8, 4) is 0 Å². The summed E-state index contributed by atoms with van der Waals surface area (Å²) in [6.45, 7) is 4.19. The van der Waals surface area contributed by atoms with Crippen LogP contribution in [-0.2, 0) is 35.3 Å². The summed E-state index contributed by atoms with van der Waals surface area (Å²) in [5.41, 5.74) is -0.0397. The van der Waals surface area contributed by atoms with E-state index in [4.69, 9.17) is 14.3 Å². The van der Waals surface area contributed by atoms with Gasteiger partial charge in [-0.15, -0.1) is 0 Å². The van der Waals surface area contributed by atoms with Gasteiger partial charge in [0.2, 0.25) is 12.3 Å². The fraction of sp³-hybridized carbons (Fsp3) is 0.571. The van der Waals surface area contributed by atoms with Crippen molar-refractivity contribution in [2.45, 2.75) is 39.4 Å². The van der Waals surface area contributed by atoms with Gasteiger partial charge in [-0.25, -0.2) is 9.86 Å². The van der Waals surface area contributed by atoms with E-state index >= 15 is 0 Å². The molecular weight excluding hydrogens is 408 g/mol. The van der Waals surface area contributed by atoms with Crippen LogP contribution < -0.4 is 0 Å². The van der Waals surface area contributed by atoms with Gasteiger partial charge in [-0.05, 0) is 32.8 Å². The highest BCUT2D eigenvalue weighted by molar-refractivity contribution is 6.35. The van der Waals surface area contributed by atoms with Crippen molar-refractivity contribution < 1.29 is 33.6 Å². The maximum Gasteiger partial charge on any atom is 0.375 e. The number of carbonyl (C=O) groups is 3. The highest BCUT2D eigenvalue weighted by atomic mass is 16.7. The zero-order chi connectivity index (χ0) is 23.6. The van der Waals surface area contributed by atoms with Gasteiger partial charge >= 0.3 is 5.97 Å². The van der Waals surface area contributed by atoms with Crippen LogP contribution in [0, 0.1) is 22.0 Å². The van der Waals surface area contributed by atoms with Crippen LogP contribution in [0.2, 0.25) is 0 Å². The maximum atomic E-state index is 12.9. The number of carbonyl (C=O) groups excluding carboxylic acids is 3. The molecule has 1 aromatic carbocycles. The number of hydrogen-bond donors (Lipinski definition) is 0. The van der Waals surface area contributed by atoms with Crippen molar-refractivity contribution in [3.63, 3.8) is 0 Å². The van der Waals surface area contributed by atoms with E-state index < -0.39 is 46.6 Å². The van der Waals surface area contributed by atoms with E-state index in [9.17, 15) is 24.5 Å². The quantitative estimate of drug-likeness (QED) is 0.160. The largest absolute Gasteiger partial charge is 0.454 e. The first-order valence-corrected chi connectivity index (χ1v) is 9.78. The molecule has 0 aliphatic carbocycles. The summed E-state index contributed by atoms with van der Waals surface area (Å²) in [5.74, 6) is -5.67. The van der Waals surface area contributed by atoms with Crippen molar-refractivity contribution in [3.05, 3.63) is 46.0 Å². The molecule has 0 aliphatic heterocycles. The minimum absolute atomic E-state index is 0.00624. The van der Waals surface area contributed by atoms with Crippen LogP contribution in [0.25, 0.3) is 0 Å². The predicted octanol–water partition coefficient (Wildman–Crippen LogP) is 2.03. The van der Waals surface area contributed by atoms with E-state index in [0.29, 0.717) is 0 Å². The van der Waals surface area contributed by atoms with Crippen LogP contribution in [0.1, 0.15) is 32.8 Å². The Hall–Kier alpha value is -2.85. The molecule has 1 amide bonds. The second-order valence-corrected chi connectivity index (χ2v) is 7.94. The Morgan fingerprint density at radius 3 is 2.26 bits per heavy atom. The number of hydrogen-bond acceptors (Lipinski definition) is 8. The van der Waals surface area contributed by atoms with Gasteiger partial charge in [0, 0.05) is 24.5 Å². The highest BCUT2D eigenvalue weighted by Gasteiger charge is 2.42. The lowest BCUT2D eigenvalue weighted by Gasteiger charge is -2.26. The number of benzene rings is 1. The summed E-state index contributed by atoms with van der Waals surface area (Å²) in [7, 11) is 2.49. The standard InChI is InChI=1S/C21H30N2O8/c1-21(2,3)31-20(26)18(24)16(11-12-30-14-15-9-7-6-8-10-15)17(13-23(27)28)19(25)22(4)29-5/h6-10,16-17H,11-14H2,1-5H3/t16-,17-/m1/s1. The molecular formula is C21H30N2O8. The molecule has 0 saturated carbocycles. The second kappa shape index (κ2) is 12.1. The minimum Gasteiger partial charge on any atom is -0.454 e. The van der Waals surface area contributed by atoms with Gasteiger partial charge in [0.05, 0.1) is 13.7 Å². The molecule has 1 aromatic rings. The Morgan fingerprint density at radius 1 is 1.13 bits per heavy atom. The van der Waals surface area contributed by atoms with Gasteiger partial charge in [-0.3, -0.25) is 24.5 Å². The first-order chi connectivity index (χ1) is 14.5. The zero-order valence-corrected chi connectivity index (χ0v) is 18.5. The van der Waals surface area contributed by atoms with Gasteiger partial charge in [-0.1, -0.05) is 30.3 Å². The number of Topliss-reactive ketones (excluding diaryl/α,β-unsaturated/α-hetero) is 1. The van der Waals surface area contributed by atoms with Crippen molar-refractivity contribution in [2.75, 3.05) is 27.3 Å². The molecule has 0 aliphatic rings. The van der Waals surface area contributed by atoms with Crippen molar-refractivity contribution in [2.24, 2.45) is 11.8 Å². The Morgan fingerprint density at radius 2 is 1.74 bits per heavy atom. The number of ketones is 1. The molecule has 31 heavy (non-hydrogen) atoms. The normalized spacial score (nSPS) is 13.2. The maximum absolute atomic E-state index is 12.9. The fourth-order valence-corrected chi connectivity index (χ4v) is 2.83. The molecule has 0 aromatic heterocycles. The van der Waals surface area contributed by atoms with E-state index in [2.05, 4.69) is 0 Å². The number of nitro groups is 1. The lowest BCUT2D eigenvalue weighted by atomic mass is 9.85. The zero-order valence-electron chi connectivity index (χ0n) is 18.5. The van der Waals surface area contributed by atoms with Crippen molar-refractivity contribution in [1.82, 2.24) is 5.06 Å². The van der Waals surface area contributed by atoms with E-state index in [-0.39, 0.29) is 19.6 Å². The smallest absolute Gasteiger partial charge is 0.375 e. The molecule has 10 nitrogen and oxygen atoms in total. The number of nitrogens with zero attached hydrogens (tertiary/aromatic N) is 2. The number of ether oxygens (including phenoxy) is 2. The summed E-state index contributed by atoms with van der Waals surface area (Å²) in [6.07, 6.45) is -0.0767.